The van der Waals surface area contributed by atoms with Crippen LogP contribution in [0.3, 0.4) is 0 Å². The van der Waals surface area contributed by atoms with E-state index >= 15 is 0 Å². The van der Waals surface area contributed by atoms with Gasteiger partial charge in [0.2, 0.25) is 0 Å². The van der Waals surface area contributed by atoms with Gasteiger partial charge in [-0.25, -0.2) is 9.59 Å². The molecule has 1 saturated heterocycles. The second kappa shape index (κ2) is 5.41. The topological polar surface area (TPSA) is 95.9 Å². The van der Waals surface area contributed by atoms with Crippen molar-refractivity contribution in [2.24, 2.45) is 0 Å². The van der Waals surface area contributed by atoms with Crippen LogP contribution in [-0.4, -0.2) is 40.2 Å². The molecular formula is C14H13IN2O5. The Bertz CT molecular complexity index is 677. The Labute approximate surface area is 139 Å². The maximum atomic E-state index is 12.1. The number of benzene rings is 1. The highest BCUT2D eigenvalue weighted by Gasteiger charge is 2.52. The van der Waals surface area contributed by atoms with E-state index in [0.29, 0.717) is 0 Å². The third kappa shape index (κ3) is 2.40. The molecule has 3 rings (SSSR count). The molecule has 0 aliphatic carbocycles. The van der Waals surface area contributed by atoms with E-state index in [-0.39, 0.29) is 12.3 Å². The summed E-state index contributed by atoms with van der Waals surface area (Å²) in [6.45, 7) is 1.11. The second-order valence-electron chi connectivity index (χ2n) is 5.28. The Morgan fingerprint density at radius 3 is 2.77 bits per heavy atom. The van der Waals surface area contributed by atoms with Gasteiger partial charge in [-0.1, -0.05) is 0 Å². The zero-order chi connectivity index (χ0) is 16.0. The average molecular weight is 416 g/mol. The van der Waals surface area contributed by atoms with Crippen molar-refractivity contribution in [3.63, 3.8) is 0 Å². The number of nitrogens with zero attached hydrogens (tertiary/aromatic N) is 1. The number of hydrogen-bond acceptors (Lipinski definition) is 5. The van der Waals surface area contributed by atoms with E-state index in [1.54, 1.807) is 0 Å². The summed E-state index contributed by atoms with van der Waals surface area (Å²) in [4.78, 5) is 35.7. The van der Waals surface area contributed by atoms with E-state index in [0.717, 1.165) is 26.6 Å². The van der Waals surface area contributed by atoms with Crippen molar-refractivity contribution in [1.29, 1.82) is 0 Å². The van der Waals surface area contributed by atoms with Crippen LogP contribution < -0.4 is 5.32 Å². The Balaban J connectivity index is 1.95. The van der Waals surface area contributed by atoms with E-state index in [2.05, 4.69) is 32.6 Å². The average Bonchev–Trinajstić information content (AvgIpc) is 2.93. The molecule has 2 aliphatic rings. The summed E-state index contributed by atoms with van der Waals surface area (Å²) >= 11 is 2.19. The minimum Gasteiger partial charge on any atom is -0.480 e. The first-order valence-corrected chi connectivity index (χ1v) is 7.76. The summed E-state index contributed by atoms with van der Waals surface area (Å²) in [5.74, 6) is -2.00. The lowest BCUT2D eigenvalue weighted by Gasteiger charge is -2.26. The number of likely N-dealkylation sites (tertiary alicyclic amines) is 1. The molecule has 0 aromatic heterocycles. The van der Waals surface area contributed by atoms with Crippen molar-refractivity contribution in [3.8, 4) is 0 Å². The lowest BCUT2D eigenvalue weighted by molar-refractivity contribution is -0.144. The number of anilines is 1. The molecule has 1 amide bonds. The van der Waals surface area contributed by atoms with Gasteiger partial charge in [0.15, 0.2) is 0 Å². The van der Waals surface area contributed by atoms with Gasteiger partial charge in [0.1, 0.15) is 12.2 Å². The van der Waals surface area contributed by atoms with Crippen LogP contribution in [-0.2, 0) is 14.3 Å². The van der Waals surface area contributed by atoms with Crippen LogP contribution >= 0.6 is 22.6 Å². The molecule has 116 valence electrons. The normalized spacial score (nSPS) is 25.2. The van der Waals surface area contributed by atoms with Crippen LogP contribution in [0, 0.1) is 3.57 Å². The van der Waals surface area contributed by atoms with Crippen LogP contribution in [0.2, 0.25) is 0 Å². The Morgan fingerprint density at radius 2 is 2.14 bits per heavy atom. The van der Waals surface area contributed by atoms with Crippen LogP contribution in [0.15, 0.2) is 18.2 Å². The number of hydrogen-bond donors (Lipinski definition) is 2. The molecule has 1 aromatic carbocycles. The maximum Gasteiger partial charge on any atom is 0.419 e. The van der Waals surface area contributed by atoms with E-state index < -0.39 is 30.2 Å². The fraction of sp³-hybridized carbons (Fsp3) is 0.357. The first kappa shape index (κ1) is 15.1. The Morgan fingerprint density at radius 1 is 1.41 bits per heavy atom. The van der Waals surface area contributed by atoms with Gasteiger partial charge in [-0.05, 0) is 52.8 Å². The fourth-order valence-electron chi connectivity index (χ4n) is 3.11. The zero-order valence-electron chi connectivity index (χ0n) is 11.6. The highest BCUT2D eigenvalue weighted by atomic mass is 127. The smallest absolute Gasteiger partial charge is 0.419 e. The highest BCUT2D eigenvalue weighted by molar-refractivity contribution is 14.1. The van der Waals surface area contributed by atoms with Gasteiger partial charge >= 0.3 is 18.0 Å². The largest absolute Gasteiger partial charge is 0.480 e. The lowest BCUT2D eigenvalue weighted by Crippen LogP contribution is -2.48. The predicted molar refractivity (Wildman–Crippen MR) is 84.4 cm³/mol. The predicted octanol–water partition coefficient (Wildman–Crippen LogP) is 1.97. The van der Waals surface area contributed by atoms with Crippen molar-refractivity contribution in [3.05, 3.63) is 27.3 Å². The van der Waals surface area contributed by atoms with E-state index in [9.17, 15) is 19.5 Å². The number of aliphatic carboxylic acids is 1. The second-order valence-corrected chi connectivity index (χ2v) is 6.53. The van der Waals surface area contributed by atoms with Crippen LogP contribution in [0.25, 0.3) is 0 Å². The zero-order valence-corrected chi connectivity index (χ0v) is 13.7. The van der Waals surface area contributed by atoms with E-state index in [1.807, 2.05) is 18.2 Å². The monoisotopic (exact) mass is 416 g/mol. The van der Waals surface area contributed by atoms with Gasteiger partial charge in [0.25, 0.3) is 0 Å². The number of halogens is 1. The van der Waals surface area contributed by atoms with Crippen LogP contribution in [0.4, 0.5) is 10.5 Å². The third-order valence-electron chi connectivity index (χ3n) is 3.94. The number of carboxylic acid groups (broad SMARTS) is 1. The molecule has 2 heterocycles. The number of esters is 1. The number of carbonyl (C=O) groups excluding carboxylic acids is 2. The van der Waals surface area contributed by atoms with Crippen molar-refractivity contribution in [2.75, 3.05) is 5.32 Å². The summed E-state index contributed by atoms with van der Waals surface area (Å²) in [6.07, 6.45) is -1.16. The first-order chi connectivity index (χ1) is 10.4. The van der Waals surface area contributed by atoms with Gasteiger partial charge in [0, 0.05) is 22.1 Å². The van der Waals surface area contributed by atoms with Gasteiger partial charge in [-0.2, -0.15) is 0 Å². The van der Waals surface area contributed by atoms with Crippen molar-refractivity contribution >= 4 is 46.3 Å². The van der Waals surface area contributed by atoms with Gasteiger partial charge < -0.3 is 15.2 Å². The minimum absolute atomic E-state index is 0.134. The number of carboxylic acids is 1. The summed E-state index contributed by atoms with van der Waals surface area (Å²) < 4.78 is 5.63. The van der Waals surface area contributed by atoms with Crippen molar-refractivity contribution < 1.29 is 24.2 Å². The van der Waals surface area contributed by atoms with E-state index in [4.69, 9.17) is 0 Å². The molecule has 3 unspecified atom stereocenters. The van der Waals surface area contributed by atoms with Gasteiger partial charge in [0.05, 0.1) is 0 Å². The molecule has 2 N–H and O–H groups in total. The minimum atomic E-state index is -1.11. The number of rotatable bonds is 1. The molecule has 2 aliphatic heterocycles. The van der Waals surface area contributed by atoms with Crippen molar-refractivity contribution in [1.82, 2.24) is 4.90 Å². The summed E-state index contributed by atoms with van der Waals surface area (Å²) in [7, 11) is 0. The maximum absolute atomic E-state index is 12.1. The first-order valence-electron chi connectivity index (χ1n) is 6.68. The summed E-state index contributed by atoms with van der Waals surface area (Å²) in [6, 6.07) is 4.80. The van der Waals surface area contributed by atoms with Gasteiger partial charge in [-0.15, -0.1) is 0 Å². The van der Waals surface area contributed by atoms with Crippen molar-refractivity contribution in [2.45, 2.75) is 31.5 Å². The molecule has 1 fully saturated rings. The fourth-order valence-corrected chi connectivity index (χ4v) is 3.62. The quantitative estimate of drug-likeness (QED) is 0.413. The molecule has 1 aromatic rings. The number of ether oxygens (including phenoxy) is 1. The number of carbonyl (C=O) groups is 3. The molecule has 0 spiro atoms. The molecule has 3 atom stereocenters. The molecule has 8 heteroatoms. The molecule has 0 bridgehead atoms. The van der Waals surface area contributed by atoms with Crippen LogP contribution in [0.5, 0.6) is 0 Å². The highest BCUT2D eigenvalue weighted by Crippen LogP contribution is 2.46. The number of nitrogens with one attached hydrogen (secondary N) is 1. The standard InChI is InChI=1S/C14H13IN2O5/c1-6(18)22-14(21)17-11(13(19)20)5-9-8-4-7(15)2-3-10(8)16-12(9)17/h2-4,9,11-12,16H,5H2,1H3,(H,19,20). The molecule has 0 radical (unpaired) electrons. The SMILES string of the molecule is CC(=O)OC(=O)N1C(C(=O)O)CC2c3cc(I)ccc3NC21. The molecule has 7 nitrogen and oxygen atoms in total. The third-order valence-corrected chi connectivity index (χ3v) is 4.61. The summed E-state index contributed by atoms with van der Waals surface area (Å²) in [5.41, 5.74) is 1.86. The molecule has 22 heavy (non-hydrogen) atoms. The molecular weight excluding hydrogens is 403 g/mol. The molecule has 0 saturated carbocycles. The lowest BCUT2D eigenvalue weighted by atomic mass is 9.96. The number of amides is 1. The summed E-state index contributed by atoms with van der Waals surface area (Å²) in [5, 5.41) is 12.5. The van der Waals surface area contributed by atoms with Crippen LogP contribution in [0.1, 0.15) is 24.8 Å². The number of fused-ring (bicyclic) bond motifs is 3. The Hall–Kier alpha value is -1.84. The van der Waals surface area contributed by atoms with E-state index in [1.165, 1.54) is 0 Å². The Kier molecular flexibility index (Phi) is 3.71. The van der Waals surface area contributed by atoms with Gasteiger partial charge in [-0.3, -0.25) is 9.69 Å².